The number of anilines is 2. The van der Waals surface area contributed by atoms with Crippen LogP contribution in [0.25, 0.3) is 0 Å². The first kappa shape index (κ1) is 13.8. The lowest BCUT2D eigenvalue weighted by Crippen LogP contribution is -2.15. The third kappa shape index (κ3) is 3.91. The first-order chi connectivity index (χ1) is 9.21. The van der Waals surface area contributed by atoms with Crippen LogP contribution in [0.1, 0.15) is 4.88 Å². The number of nitrogen functional groups attached to an aromatic ring is 1. The van der Waals surface area contributed by atoms with E-state index in [1.165, 1.54) is 12.0 Å². The fourth-order valence-electron chi connectivity index (χ4n) is 1.38. The molecule has 2 rings (SSSR count). The summed E-state index contributed by atoms with van der Waals surface area (Å²) in [5.74, 6) is 5.91. The summed E-state index contributed by atoms with van der Waals surface area (Å²) in [4.78, 5) is 13.2. The van der Waals surface area contributed by atoms with Crippen molar-refractivity contribution in [1.82, 2.24) is 15.0 Å². The van der Waals surface area contributed by atoms with Gasteiger partial charge in [-0.2, -0.15) is 15.0 Å². The number of rotatable bonds is 6. The molecule has 9 heteroatoms. The number of nitrogens with zero attached hydrogens (tertiary/aromatic N) is 3. The minimum absolute atomic E-state index is 0.199. The quantitative estimate of drug-likeness (QED) is 0.550. The lowest BCUT2D eigenvalue weighted by Gasteiger charge is -2.07. The van der Waals surface area contributed by atoms with Crippen LogP contribution in [-0.2, 0) is 6.42 Å². The first-order valence-corrected chi connectivity index (χ1v) is 6.65. The minimum Gasteiger partial charge on any atom is -0.467 e. The van der Waals surface area contributed by atoms with Crippen LogP contribution >= 0.6 is 22.9 Å². The standard InChI is InChI=1S/C10H13ClN6OS/c1-18-10-15-8(14-9(16-10)17-12)13-5-4-6-2-3-7(11)19-6/h2-3H,4-5,12H2,1H3,(H2,13,14,15,16,17). The molecule has 7 nitrogen and oxygen atoms in total. The summed E-state index contributed by atoms with van der Waals surface area (Å²) in [6.07, 6.45) is 0.830. The largest absolute Gasteiger partial charge is 0.467 e. The molecular formula is C10H13ClN6OS. The average molecular weight is 301 g/mol. The molecule has 0 aliphatic heterocycles. The zero-order valence-electron chi connectivity index (χ0n) is 10.2. The number of nitrogens with two attached hydrogens (primary N) is 1. The molecule has 0 bridgehead atoms. The highest BCUT2D eigenvalue weighted by Gasteiger charge is 2.05. The molecule has 19 heavy (non-hydrogen) atoms. The first-order valence-electron chi connectivity index (χ1n) is 5.46. The summed E-state index contributed by atoms with van der Waals surface area (Å²) in [6, 6.07) is 4.07. The molecule has 2 aromatic heterocycles. The summed E-state index contributed by atoms with van der Waals surface area (Å²) < 4.78 is 5.74. The van der Waals surface area contributed by atoms with Crippen LogP contribution in [0.5, 0.6) is 6.01 Å². The number of aromatic nitrogens is 3. The molecule has 0 aliphatic carbocycles. The van der Waals surface area contributed by atoms with Crippen molar-refractivity contribution in [3.05, 3.63) is 21.3 Å². The Bertz CT molecular complexity index is 526. The number of ether oxygens (including phenoxy) is 1. The molecule has 0 unspecified atom stereocenters. The Kier molecular flexibility index (Phi) is 4.72. The van der Waals surface area contributed by atoms with Crippen molar-refractivity contribution in [2.45, 2.75) is 6.42 Å². The number of thiophene rings is 1. The maximum atomic E-state index is 5.86. The van der Waals surface area contributed by atoms with E-state index in [2.05, 4.69) is 25.7 Å². The number of nitrogens with one attached hydrogen (secondary N) is 2. The third-order valence-electron chi connectivity index (χ3n) is 2.21. The van der Waals surface area contributed by atoms with Gasteiger partial charge in [-0.3, -0.25) is 5.43 Å². The van der Waals surface area contributed by atoms with Crippen molar-refractivity contribution < 1.29 is 4.74 Å². The van der Waals surface area contributed by atoms with Crippen molar-refractivity contribution in [3.8, 4) is 6.01 Å². The van der Waals surface area contributed by atoms with E-state index in [-0.39, 0.29) is 12.0 Å². The molecule has 2 aromatic rings. The van der Waals surface area contributed by atoms with Gasteiger partial charge in [0.05, 0.1) is 11.4 Å². The van der Waals surface area contributed by atoms with Gasteiger partial charge in [0.15, 0.2) is 0 Å². The van der Waals surface area contributed by atoms with Gasteiger partial charge in [0.1, 0.15) is 0 Å². The van der Waals surface area contributed by atoms with Gasteiger partial charge in [0.25, 0.3) is 0 Å². The van der Waals surface area contributed by atoms with Crippen molar-refractivity contribution >= 4 is 34.8 Å². The highest BCUT2D eigenvalue weighted by Crippen LogP contribution is 2.21. The number of halogens is 1. The van der Waals surface area contributed by atoms with E-state index in [1.807, 2.05) is 12.1 Å². The maximum Gasteiger partial charge on any atom is 0.322 e. The van der Waals surface area contributed by atoms with Crippen LogP contribution in [0.15, 0.2) is 12.1 Å². The van der Waals surface area contributed by atoms with Gasteiger partial charge in [-0.05, 0) is 18.6 Å². The zero-order chi connectivity index (χ0) is 13.7. The number of methoxy groups -OCH3 is 1. The van der Waals surface area contributed by atoms with E-state index in [0.29, 0.717) is 12.5 Å². The maximum absolute atomic E-state index is 5.86. The third-order valence-corrected chi connectivity index (χ3v) is 3.50. The predicted molar refractivity (Wildman–Crippen MR) is 75.7 cm³/mol. The van der Waals surface area contributed by atoms with Crippen molar-refractivity contribution in [2.75, 3.05) is 24.4 Å². The molecular weight excluding hydrogens is 288 g/mol. The van der Waals surface area contributed by atoms with Crippen LogP contribution < -0.4 is 21.3 Å². The Morgan fingerprint density at radius 1 is 1.32 bits per heavy atom. The predicted octanol–water partition coefficient (Wildman–Crippen LogP) is 1.54. The van der Waals surface area contributed by atoms with E-state index in [4.69, 9.17) is 22.2 Å². The molecule has 0 atom stereocenters. The van der Waals surface area contributed by atoms with Crippen LogP contribution in [0.2, 0.25) is 4.34 Å². The van der Waals surface area contributed by atoms with Gasteiger partial charge in [0.2, 0.25) is 11.9 Å². The molecule has 0 aromatic carbocycles. The highest BCUT2D eigenvalue weighted by atomic mass is 35.5. The summed E-state index contributed by atoms with van der Waals surface area (Å²) in [7, 11) is 1.48. The fraction of sp³-hybridized carbons (Fsp3) is 0.300. The van der Waals surface area contributed by atoms with E-state index in [9.17, 15) is 0 Å². The Morgan fingerprint density at radius 3 is 2.74 bits per heavy atom. The van der Waals surface area contributed by atoms with Crippen LogP contribution in [0, 0.1) is 0 Å². The van der Waals surface area contributed by atoms with Gasteiger partial charge in [-0.25, -0.2) is 5.84 Å². The lowest BCUT2D eigenvalue weighted by atomic mass is 10.3. The highest BCUT2D eigenvalue weighted by molar-refractivity contribution is 7.16. The molecule has 102 valence electrons. The van der Waals surface area contributed by atoms with E-state index >= 15 is 0 Å². The Hall–Kier alpha value is -1.64. The molecule has 0 saturated heterocycles. The van der Waals surface area contributed by atoms with Gasteiger partial charge < -0.3 is 10.1 Å². The van der Waals surface area contributed by atoms with Crippen molar-refractivity contribution in [1.29, 1.82) is 0 Å². The Labute approximate surface area is 119 Å². The molecule has 0 fully saturated rings. The van der Waals surface area contributed by atoms with E-state index in [1.54, 1.807) is 11.3 Å². The monoisotopic (exact) mass is 300 g/mol. The number of hydrazine groups is 1. The Morgan fingerprint density at radius 2 is 2.11 bits per heavy atom. The van der Waals surface area contributed by atoms with E-state index < -0.39 is 0 Å². The normalized spacial score (nSPS) is 10.3. The van der Waals surface area contributed by atoms with Gasteiger partial charge in [-0.15, -0.1) is 11.3 Å². The number of hydrogen-bond acceptors (Lipinski definition) is 8. The summed E-state index contributed by atoms with van der Waals surface area (Å²) in [6.45, 7) is 0.675. The number of hydrogen-bond donors (Lipinski definition) is 3. The molecule has 0 radical (unpaired) electrons. The topological polar surface area (TPSA) is 98.0 Å². The molecule has 0 aliphatic rings. The van der Waals surface area contributed by atoms with Gasteiger partial charge in [-0.1, -0.05) is 11.6 Å². The smallest absolute Gasteiger partial charge is 0.322 e. The SMILES string of the molecule is COc1nc(NN)nc(NCCc2ccc(Cl)s2)n1. The molecule has 2 heterocycles. The van der Waals surface area contributed by atoms with Crippen LogP contribution in [-0.4, -0.2) is 28.6 Å². The van der Waals surface area contributed by atoms with Crippen LogP contribution in [0.4, 0.5) is 11.9 Å². The minimum atomic E-state index is 0.199. The second-order valence-electron chi connectivity index (χ2n) is 3.50. The van der Waals surface area contributed by atoms with Gasteiger partial charge >= 0.3 is 6.01 Å². The average Bonchev–Trinajstić information content (AvgIpc) is 2.84. The molecule has 0 saturated carbocycles. The molecule has 0 amide bonds. The summed E-state index contributed by atoms with van der Waals surface area (Å²) in [5, 5.41) is 3.08. The van der Waals surface area contributed by atoms with Crippen LogP contribution in [0.3, 0.4) is 0 Å². The second-order valence-corrected chi connectivity index (χ2v) is 5.30. The fourth-order valence-corrected chi connectivity index (χ4v) is 2.46. The zero-order valence-corrected chi connectivity index (χ0v) is 11.8. The summed E-state index contributed by atoms with van der Waals surface area (Å²) in [5.41, 5.74) is 2.36. The lowest BCUT2D eigenvalue weighted by molar-refractivity contribution is 0.379. The second kappa shape index (κ2) is 6.50. The van der Waals surface area contributed by atoms with Gasteiger partial charge in [0, 0.05) is 11.4 Å². The van der Waals surface area contributed by atoms with Crippen molar-refractivity contribution in [3.63, 3.8) is 0 Å². The van der Waals surface area contributed by atoms with E-state index in [0.717, 1.165) is 10.8 Å². The Balaban J connectivity index is 1.95. The summed E-state index contributed by atoms with van der Waals surface area (Å²) >= 11 is 7.42. The molecule has 4 N–H and O–H groups in total. The van der Waals surface area contributed by atoms with Crippen molar-refractivity contribution in [2.24, 2.45) is 5.84 Å². The molecule has 0 spiro atoms.